The molecule has 2 atom stereocenters. The lowest BCUT2D eigenvalue weighted by atomic mass is 9.80. The third kappa shape index (κ3) is 3.18. The smallest absolute Gasteiger partial charge is 0.166 e. The largest absolute Gasteiger partial charge is 0.505 e. The fourth-order valence-corrected chi connectivity index (χ4v) is 3.21. The number of hydrogen-bond donors (Lipinski definition) is 2. The molecular formula is C18H20FNO. The zero-order chi connectivity index (χ0) is 14.7. The SMILES string of the molecule is Oc1ccc(NC2CCCCC2c2ccccc2)cc1F. The molecule has 21 heavy (non-hydrogen) atoms. The van der Waals surface area contributed by atoms with Crippen molar-refractivity contribution in [2.75, 3.05) is 5.32 Å². The summed E-state index contributed by atoms with van der Waals surface area (Å²) in [5.41, 5.74) is 2.08. The van der Waals surface area contributed by atoms with Crippen LogP contribution in [0.2, 0.25) is 0 Å². The van der Waals surface area contributed by atoms with Gasteiger partial charge in [-0.15, -0.1) is 0 Å². The Balaban J connectivity index is 1.79. The number of hydrogen-bond acceptors (Lipinski definition) is 2. The van der Waals surface area contributed by atoms with Gasteiger partial charge in [-0.2, -0.15) is 0 Å². The number of aromatic hydroxyl groups is 1. The summed E-state index contributed by atoms with van der Waals surface area (Å²) < 4.78 is 13.5. The molecule has 0 aromatic heterocycles. The molecule has 0 heterocycles. The molecule has 1 aliphatic carbocycles. The molecule has 3 rings (SSSR count). The summed E-state index contributed by atoms with van der Waals surface area (Å²) in [6, 6.07) is 15.3. The van der Waals surface area contributed by atoms with E-state index in [2.05, 4.69) is 29.6 Å². The first-order valence-electron chi connectivity index (χ1n) is 7.54. The summed E-state index contributed by atoms with van der Waals surface area (Å²) in [5.74, 6) is -0.423. The predicted molar refractivity (Wildman–Crippen MR) is 83.1 cm³/mol. The topological polar surface area (TPSA) is 32.3 Å². The second-order valence-corrected chi connectivity index (χ2v) is 5.72. The first-order chi connectivity index (χ1) is 10.2. The molecule has 2 unspecified atom stereocenters. The molecule has 0 amide bonds. The summed E-state index contributed by atoms with van der Waals surface area (Å²) in [6.07, 6.45) is 4.67. The van der Waals surface area contributed by atoms with E-state index in [-0.39, 0.29) is 5.75 Å². The van der Waals surface area contributed by atoms with Crippen LogP contribution in [0, 0.1) is 5.82 Å². The van der Waals surface area contributed by atoms with Crippen LogP contribution in [0.25, 0.3) is 0 Å². The molecule has 2 N–H and O–H groups in total. The van der Waals surface area contributed by atoms with E-state index in [9.17, 15) is 9.50 Å². The second kappa shape index (κ2) is 6.17. The number of phenols is 1. The van der Waals surface area contributed by atoms with Crippen LogP contribution in [0.5, 0.6) is 5.75 Å². The highest BCUT2D eigenvalue weighted by Gasteiger charge is 2.26. The summed E-state index contributed by atoms with van der Waals surface area (Å²) in [6.45, 7) is 0. The summed E-state index contributed by atoms with van der Waals surface area (Å²) >= 11 is 0. The quantitative estimate of drug-likeness (QED) is 0.803. The fourth-order valence-electron chi connectivity index (χ4n) is 3.21. The molecule has 1 fully saturated rings. The molecule has 0 spiro atoms. The molecule has 1 saturated carbocycles. The standard InChI is InChI=1S/C18H20FNO/c19-16-12-14(10-11-18(16)21)20-17-9-5-4-8-15(17)13-6-2-1-3-7-13/h1-3,6-7,10-12,15,17,20-21H,4-5,8-9H2. The monoisotopic (exact) mass is 285 g/mol. The number of halogens is 1. The minimum atomic E-state index is -0.577. The van der Waals surface area contributed by atoms with Crippen LogP contribution in [0.15, 0.2) is 48.5 Å². The maximum atomic E-state index is 13.5. The summed E-state index contributed by atoms with van der Waals surface area (Å²) in [7, 11) is 0. The number of benzene rings is 2. The van der Waals surface area contributed by atoms with Crippen molar-refractivity contribution in [3.63, 3.8) is 0 Å². The zero-order valence-electron chi connectivity index (χ0n) is 11.9. The van der Waals surface area contributed by atoms with Crippen molar-refractivity contribution < 1.29 is 9.50 Å². The number of phenolic OH excluding ortho intramolecular Hbond substituents is 1. The first-order valence-corrected chi connectivity index (χ1v) is 7.54. The van der Waals surface area contributed by atoms with Crippen LogP contribution in [0.1, 0.15) is 37.2 Å². The number of anilines is 1. The molecular weight excluding hydrogens is 265 g/mol. The first kappa shape index (κ1) is 13.9. The van der Waals surface area contributed by atoms with Gasteiger partial charge in [-0.05, 0) is 30.5 Å². The maximum Gasteiger partial charge on any atom is 0.166 e. The molecule has 0 bridgehead atoms. The Morgan fingerprint density at radius 2 is 1.76 bits per heavy atom. The third-order valence-electron chi connectivity index (χ3n) is 4.29. The zero-order valence-corrected chi connectivity index (χ0v) is 11.9. The number of rotatable bonds is 3. The lowest BCUT2D eigenvalue weighted by molar-refractivity contribution is 0.404. The lowest BCUT2D eigenvalue weighted by Gasteiger charge is -2.33. The van der Waals surface area contributed by atoms with E-state index in [0.717, 1.165) is 18.5 Å². The average Bonchev–Trinajstić information content (AvgIpc) is 2.52. The second-order valence-electron chi connectivity index (χ2n) is 5.72. The van der Waals surface area contributed by atoms with E-state index >= 15 is 0 Å². The van der Waals surface area contributed by atoms with Crippen molar-refractivity contribution in [1.29, 1.82) is 0 Å². The Hall–Kier alpha value is -2.03. The highest BCUT2D eigenvalue weighted by atomic mass is 19.1. The lowest BCUT2D eigenvalue weighted by Crippen LogP contribution is -2.30. The minimum Gasteiger partial charge on any atom is -0.505 e. The van der Waals surface area contributed by atoms with Gasteiger partial charge in [-0.25, -0.2) is 4.39 Å². The molecule has 3 heteroatoms. The van der Waals surface area contributed by atoms with E-state index < -0.39 is 5.82 Å². The van der Waals surface area contributed by atoms with Crippen LogP contribution in [-0.4, -0.2) is 11.1 Å². The van der Waals surface area contributed by atoms with Gasteiger partial charge >= 0.3 is 0 Å². The molecule has 1 aliphatic rings. The normalized spacial score (nSPS) is 22.0. The van der Waals surface area contributed by atoms with Crippen LogP contribution in [0.3, 0.4) is 0 Å². The van der Waals surface area contributed by atoms with Gasteiger partial charge in [-0.3, -0.25) is 0 Å². The highest BCUT2D eigenvalue weighted by Crippen LogP contribution is 2.35. The van der Waals surface area contributed by atoms with Crippen LogP contribution in [-0.2, 0) is 0 Å². The molecule has 2 aromatic carbocycles. The minimum absolute atomic E-state index is 0.302. The summed E-state index contributed by atoms with van der Waals surface area (Å²) in [5, 5.41) is 12.7. The fraction of sp³-hybridized carbons (Fsp3) is 0.333. The van der Waals surface area contributed by atoms with Crippen molar-refractivity contribution in [1.82, 2.24) is 0 Å². The molecule has 0 aliphatic heterocycles. The molecule has 2 nitrogen and oxygen atoms in total. The van der Waals surface area contributed by atoms with Crippen molar-refractivity contribution >= 4 is 5.69 Å². The van der Waals surface area contributed by atoms with E-state index in [1.54, 1.807) is 6.07 Å². The van der Waals surface area contributed by atoms with Gasteiger partial charge in [0.15, 0.2) is 11.6 Å². The van der Waals surface area contributed by atoms with Gasteiger partial charge in [0.1, 0.15) is 0 Å². The van der Waals surface area contributed by atoms with Crippen molar-refractivity contribution in [3.05, 3.63) is 59.9 Å². The molecule has 2 aromatic rings. The van der Waals surface area contributed by atoms with E-state index in [1.807, 2.05) is 6.07 Å². The van der Waals surface area contributed by atoms with Gasteiger partial charge in [0.2, 0.25) is 0 Å². The maximum absolute atomic E-state index is 13.5. The highest BCUT2D eigenvalue weighted by molar-refractivity contribution is 5.48. The van der Waals surface area contributed by atoms with Gasteiger partial charge < -0.3 is 10.4 Å². The van der Waals surface area contributed by atoms with Gasteiger partial charge in [-0.1, -0.05) is 43.2 Å². The molecule has 0 radical (unpaired) electrons. The average molecular weight is 285 g/mol. The van der Waals surface area contributed by atoms with Crippen molar-refractivity contribution in [3.8, 4) is 5.75 Å². The van der Waals surface area contributed by atoms with Crippen molar-refractivity contribution in [2.24, 2.45) is 0 Å². The third-order valence-corrected chi connectivity index (χ3v) is 4.29. The van der Waals surface area contributed by atoms with E-state index in [4.69, 9.17) is 0 Å². The van der Waals surface area contributed by atoms with Gasteiger partial charge in [0.25, 0.3) is 0 Å². The van der Waals surface area contributed by atoms with Crippen LogP contribution >= 0.6 is 0 Å². The summed E-state index contributed by atoms with van der Waals surface area (Å²) in [4.78, 5) is 0. The van der Waals surface area contributed by atoms with E-state index in [0.29, 0.717) is 12.0 Å². The van der Waals surface area contributed by atoms with Crippen molar-refractivity contribution in [2.45, 2.75) is 37.6 Å². The molecule has 0 saturated heterocycles. The Bertz CT molecular complexity index is 599. The van der Waals surface area contributed by atoms with Crippen LogP contribution < -0.4 is 5.32 Å². The van der Waals surface area contributed by atoms with Gasteiger partial charge in [0, 0.05) is 23.7 Å². The Morgan fingerprint density at radius 1 is 1.00 bits per heavy atom. The molecule has 110 valence electrons. The van der Waals surface area contributed by atoms with E-state index in [1.165, 1.54) is 30.5 Å². The van der Waals surface area contributed by atoms with Crippen LogP contribution in [0.4, 0.5) is 10.1 Å². The predicted octanol–water partition coefficient (Wildman–Crippen LogP) is 4.67. The Morgan fingerprint density at radius 3 is 2.52 bits per heavy atom. The Kier molecular flexibility index (Phi) is 4.09. The van der Waals surface area contributed by atoms with Gasteiger partial charge in [0.05, 0.1) is 0 Å². The number of nitrogens with one attached hydrogen (secondary N) is 1. The Labute approximate surface area is 124 Å².